The van der Waals surface area contributed by atoms with Crippen LogP contribution < -0.4 is 0 Å². The highest BCUT2D eigenvalue weighted by Crippen LogP contribution is 2.47. The Morgan fingerprint density at radius 3 is 1.69 bits per heavy atom. The fourth-order valence-corrected chi connectivity index (χ4v) is 19.0. The van der Waals surface area contributed by atoms with E-state index in [1.54, 1.807) is 108 Å². The molecule has 0 bridgehead atoms. The maximum absolute atomic E-state index is 15.2. The van der Waals surface area contributed by atoms with E-state index in [2.05, 4.69) is 15.0 Å². The number of allylic oxidation sites excluding steroid dienone is 1. The Morgan fingerprint density at radius 2 is 1.14 bits per heavy atom. The topological polar surface area (TPSA) is 334 Å². The number of benzene rings is 3. The van der Waals surface area contributed by atoms with Gasteiger partial charge < -0.3 is 76.5 Å². The number of likely N-dealkylation sites (N-methyl/N-ethyl adjacent to an activating group) is 2. The minimum Gasteiger partial charge on any atom is -0.457 e. The zero-order chi connectivity index (χ0) is 91.2. The van der Waals surface area contributed by atoms with Crippen molar-refractivity contribution in [2.45, 2.75) is 270 Å². The summed E-state index contributed by atoms with van der Waals surface area (Å²) in [5.74, 6) is -10.5. The van der Waals surface area contributed by atoms with Gasteiger partial charge in [0.15, 0.2) is 47.2 Å². The third-order valence-corrected chi connectivity index (χ3v) is 26.0. The molecule has 3 aromatic carbocycles. The third-order valence-electron chi connectivity index (χ3n) is 26.0. The molecule has 3 aromatic heterocycles. The van der Waals surface area contributed by atoms with Crippen molar-refractivity contribution in [1.29, 1.82) is 0 Å². The number of aromatic nitrogens is 5. The molecule has 0 spiro atoms. The van der Waals surface area contributed by atoms with E-state index in [0.717, 1.165) is 27.0 Å². The van der Waals surface area contributed by atoms with E-state index in [1.165, 1.54) is 46.8 Å². The first-order valence-corrected chi connectivity index (χ1v) is 43.8. The molecule has 11 rings (SSSR count). The number of unbranched alkanes of at least 4 members (excludes halogenated alkanes) is 1. The zero-order valence-electron chi connectivity index (χ0n) is 76.2. The number of amides is 1. The van der Waals surface area contributed by atoms with Crippen LogP contribution in [0.1, 0.15) is 170 Å². The smallest absolute Gasteiger partial charge is 0.420 e. The Hall–Kier alpha value is -9.56. The number of aliphatic hydroxyl groups excluding tert-OH is 1. The lowest BCUT2D eigenvalue weighted by Gasteiger charge is -2.47. The number of esters is 3. The van der Waals surface area contributed by atoms with Crippen molar-refractivity contribution in [2.75, 3.05) is 49.0 Å². The SMILES string of the molecule is CC[C@H]1OC(=O)[C@H](C)C(=O)[C@H](C)[C@@H](OC2O[C@H](C)C[C@H](N(C)C)[C@H]2O)[C@@](C)(OC)C[C@@H](C)C(=O)[C@H](C)[C@H]2N(CCCCn3cnc(-c4cccnc4)c3)C(=O)O[C@]12Cc1ccccc1.CC[C@H]1OC(=O)[C@H](C)C(=O)[C@H](C)[C@@H](OC2O[C@H](C)C[C@H](N(C)C)[C@H]2OC(=O)c2ccccc2)[C@@](C)(OC)C[C@@H](C)C(=O)/C(C)=C/[C@]1(Cc1ccccc1)OC(=O)n1ccnc1. The number of nitrogens with zero attached hydrogens (tertiary/aromatic N) is 8. The van der Waals surface area contributed by atoms with Gasteiger partial charge in [-0.25, -0.2) is 28.9 Å². The van der Waals surface area contributed by atoms with Crippen LogP contribution in [0.4, 0.5) is 9.59 Å². The summed E-state index contributed by atoms with van der Waals surface area (Å²) in [5.41, 5.74) is -1.95. The zero-order valence-corrected chi connectivity index (χ0v) is 76.2. The molecule has 0 saturated carbocycles. The van der Waals surface area contributed by atoms with E-state index in [9.17, 15) is 43.5 Å². The van der Waals surface area contributed by atoms with Crippen molar-refractivity contribution in [3.05, 3.63) is 175 Å². The number of imidazole rings is 2. The van der Waals surface area contributed by atoms with E-state index in [-0.39, 0.29) is 86.5 Å². The van der Waals surface area contributed by atoms with Gasteiger partial charge in [0, 0.05) is 112 Å². The molecule has 680 valence electrons. The molecule has 8 heterocycles. The maximum Gasteiger partial charge on any atom is 0.420 e. The Kier molecular flexibility index (Phi) is 33.4. The number of Topliss-reactive ketones (excluding diaryl/α,β-unsaturated/α-hetero) is 4. The van der Waals surface area contributed by atoms with E-state index in [4.69, 9.17) is 52.1 Å². The summed E-state index contributed by atoms with van der Waals surface area (Å²) in [5, 5.41) is 11.5. The van der Waals surface area contributed by atoms with E-state index < -0.39 is 161 Å². The van der Waals surface area contributed by atoms with E-state index in [1.807, 2.05) is 156 Å². The van der Waals surface area contributed by atoms with Crippen LogP contribution in [0.5, 0.6) is 0 Å². The lowest BCUT2D eigenvalue weighted by Crippen LogP contribution is -2.61. The van der Waals surface area contributed by atoms with Crippen LogP contribution >= 0.6 is 0 Å². The van der Waals surface area contributed by atoms with Gasteiger partial charge >= 0.3 is 30.1 Å². The number of fused-ring (bicyclic) bond motifs is 1. The van der Waals surface area contributed by atoms with Crippen LogP contribution in [-0.4, -0.2) is 248 Å². The molecule has 0 radical (unpaired) electrons. The molecule has 24 atom stereocenters. The predicted molar refractivity (Wildman–Crippen MR) is 464 cm³/mol. The van der Waals surface area contributed by atoms with E-state index >= 15 is 4.79 Å². The molecule has 4 saturated heterocycles. The van der Waals surface area contributed by atoms with Gasteiger partial charge in [0.1, 0.15) is 42.3 Å². The fourth-order valence-electron chi connectivity index (χ4n) is 19.0. The average molecular weight is 1730 g/mol. The number of rotatable bonds is 23. The lowest BCUT2D eigenvalue weighted by atomic mass is 9.71. The highest BCUT2D eigenvalue weighted by atomic mass is 16.7. The molecule has 1 N–H and O–H groups in total. The molecule has 125 heavy (non-hydrogen) atoms. The summed E-state index contributed by atoms with van der Waals surface area (Å²) >= 11 is 0. The molecule has 6 aromatic rings. The van der Waals surface area contributed by atoms with E-state index in [0.29, 0.717) is 37.8 Å². The maximum atomic E-state index is 15.2. The number of carbonyl (C=O) groups is 9. The number of aryl methyl sites for hydroxylation is 1. The Balaban J connectivity index is 0.000000262. The Bertz CT molecular complexity index is 4630. The molecule has 4 fully saturated rings. The number of aliphatic hydroxyl groups is 1. The van der Waals surface area contributed by atoms with Gasteiger partial charge in [0.2, 0.25) is 0 Å². The minimum absolute atomic E-state index is 0.0350. The molecule has 29 heteroatoms. The average Bonchev–Trinajstić information content (AvgIpc) is 1.59. The molecule has 5 aliphatic heterocycles. The number of ketones is 4. The van der Waals surface area contributed by atoms with Crippen LogP contribution in [0.2, 0.25) is 0 Å². The number of hydrogen-bond acceptors (Lipinski definition) is 26. The first-order valence-electron chi connectivity index (χ1n) is 43.8. The molecule has 0 aliphatic carbocycles. The van der Waals surface area contributed by atoms with Gasteiger partial charge in [-0.1, -0.05) is 127 Å². The molecule has 5 aliphatic rings. The van der Waals surface area contributed by atoms with Crippen LogP contribution in [0.3, 0.4) is 0 Å². The molecule has 1 amide bonds. The quantitative estimate of drug-likeness (QED) is 0.0269. The fraction of sp³-hybridized carbons (Fsp3) is 0.583. The number of pyridine rings is 1. The summed E-state index contributed by atoms with van der Waals surface area (Å²) in [4.78, 5) is 148. The second-order valence-corrected chi connectivity index (χ2v) is 35.6. The first kappa shape index (κ1) is 97.6. The molecular weight excluding hydrogens is 1600 g/mol. The Labute approximate surface area is 735 Å². The second kappa shape index (κ2) is 42.8. The summed E-state index contributed by atoms with van der Waals surface area (Å²) < 4.78 is 73.5. The van der Waals surface area contributed by atoms with Crippen LogP contribution in [0, 0.1) is 41.4 Å². The predicted octanol–water partition coefficient (Wildman–Crippen LogP) is 12.8. The Morgan fingerprint density at radius 1 is 0.608 bits per heavy atom. The van der Waals surface area contributed by atoms with Gasteiger partial charge in [0.25, 0.3) is 0 Å². The summed E-state index contributed by atoms with van der Waals surface area (Å²) in [6.07, 6.45) is 5.33. The third kappa shape index (κ3) is 22.7. The largest absolute Gasteiger partial charge is 0.457 e. The van der Waals surface area contributed by atoms with Crippen molar-refractivity contribution in [1.82, 2.24) is 38.8 Å². The molecular formula is C96H130N8O21. The highest BCUT2D eigenvalue weighted by Gasteiger charge is 2.63. The lowest BCUT2D eigenvalue weighted by molar-refractivity contribution is -0.295. The van der Waals surface area contributed by atoms with Gasteiger partial charge in [0.05, 0.1) is 65.3 Å². The molecule has 2 unspecified atom stereocenters. The van der Waals surface area contributed by atoms with Crippen molar-refractivity contribution < 1.29 is 100 Å². The van der Waals surface area contributed by atoms with Crippen molar-refractivity contribution in [3.8, 4) is 11.3 Å². The first-order chi connectivity index (χ1) is 59.4. The summed E-state index contributed by atoms with van der Waals surface area (Å²) in [7, 11) is 10.5. The van der Waals surface area contributed by atoms with Crippen LogP contribution in [-0.2, 0) is 100 Å². The van der Waals surface area contributed by atoms with Crippen LogP contribution in [0.15, 0.2) is 158 Å². The number of hydrogen-bond donors (Lipinski definition) is 1. The van der Waals surface area contributed by atoms with Crippen molar-refractivity contribution in [3.63, 3.8) is 0 Å². The number of methoxy groups -OCH3 is 2. The van der Waals surface area contributed by atoms with Gasteiger partial charge in [-0.3, -0.25) is 33.8 Å². The number of ether oxygens (including phenoxy) is 11. The number of carbonyl (C=O) groups excluding carboxylic acids is 9. The van der Waals surface area contributed by atoms with Crippen LogP contribution in [0.25, 0.3) is 11.3 Å². The van der Waals surface area contributed by atoms with Gasteiger partial charge in [-0.15, -0.1) is 0 Å². The van der Waals surface area contributed by atoms with Gasteiger partial charge in [-0.2, -0.15) is 0 Å². The number of cyclic esters (lactones) is 2. The van der Waals surface area contributed by atoms with Crippen molar-refractivity contribution >= 4 is 53.2 Å². The van der Waals surface area contributed by atoms with Crippen molar-refractivity contribution in [2.24, 2.45) is 41.4 Å². The summed E-state index contributed by atoms with van der Waals surface area (Å²) in [6.45, 7) is 25.2. The van der Waals surface area contributed by atoms with Gasteiger partial charge in [-0.05, 0) is 175 Å². The highest BCUT2D eigenvalue weighted by molar-refractivity contribution is 6.01. The second-order valence-electron chi connectivity index (χ2n) is 35.6. The summed E-state index contributed by atoms with van der Waals surface area (Å²) in [6, 6.07) is 29.7. The monoisotopic (exact) mass is 1730 g/mol. The molecule has 29 nitrogen and oxygen atoms in total. The normalized spacial score (nSPS) is 33.5. The standard InChI is InChI=1S/C49H69N5O10.C47H61N3O11/c1-11-39-49(26-35-18-13-12-14-19-35)43(54(47(59)64-49)23-16-15-22-53-28-37(51-29-53)36-20-17-21-50-27-36)32(4)40(55)30(2)25-48(7,60-10)44(33(5)41(56)34(6)45(58)62-39)63-46-42(57)38(52(8)9)24-31(3)61-46;1-11-37-47(27-34-18-14-12-15-19-34,61-45(55)50-23-22-48-28-50)26-30(3)38(51)29(2)25-46(7,56-10)41(32(5)39(52)33(6)42(53)58-37)60-44-40(36(49(8)9)24-31(4)57-44)59-43(54)35-20-16-13-17-21-35/h12-14,17-21,27-34,38-39,42-44,46,57H,11,15-16,22-26H2,1-10H3;12-23,26,28-29,31-33,36-37,40-41,44H,11,24-25,27H2,1-10H3/b;30-26+/t30-,31-,32+,33+,34-,38+,39-,42-,43-,44-,46?,48+,49-;29-,31-,32+,33-,36+,37-,40-,41-,44?,46+,47-/m11/s1. The minimum atomic E-state index is -1.70.